The summed E-state index contributed by atoms with van der Waals surface area (Å²) in [6.45, 7) is 8.11. The van der Waals surface area contributed by atoms with Crippen LogP contribution in [0.15, 0.2) is 9.85 Å². The molecule has 0 spiro atoms. The van der Waals surface area contributed by atoms with E-state index >= 15 is 0 Å². The summed E-state index contributed by atoms with van der Waals surface area (Å²) in [7, 11) is 1.36. The van der Waals surface area contributed by atoms with E-state index in [1.54, 1.807) is 4.90 Å². The Kier molecular flexibility index (Phi) is 8.26. The van der Waals surface area contributed by atoms with Gasteiger partial charge in [-0.25, -0.2) is 4.79 Å². The molecule has 0 aromatic carbocycles. The van der Waals surface area contributed by atoms with Crippen molar-refractivity contribution in [3.63, 3.8) is 0 Å². The molecule has 0 radical (unpaired) electrons. The van der Waals surface area contributed by atoms with Gasteiger partial charge in [-0.3, -0.25) is 4.79 Å². The summed E-state index contributed by atoms with van der Waals surface area (Å²) in [6.07, 6.45) is 3.80. The molecular weight excluding hydrogens is 378 g/mol. The number of thiophene rings is 1. The second-order valence-electron chi connectivity index (χ2n) is 5.81. The van der Waals surface area contributed by atoms with Crippen molar-refractivity contribution >= 4 is 44.8 Å². The van der Waals surface area contributed by atoms with Crippen LogP contribution in [0.25, 0.3) is 0 Å². The Bertz CT molecular complexity index is 542. The molecule has 1 rings (SSSR count). The first-order valence-electron chi connectivity index (χ1n) is 8.07. The summed E-state index contributed by atoms with van der Waals surface area (Å²) >= 11 is 4.71. The third kappa shape index (κ3) is 5.05. The second-order valence-corrected chi connectivity index (χ2v) is 8.24. The van der Waals surface area contributed by atoms with Gasteiger partial charge in [0.2, 0.25) is 5.91 Å². The summed E-state index contributed by atoms with van der Waals surface area (Å²) in [5.41, 5.74) is 0.642. The van der Waals surface area contributed by atoms with Gasteiger partial charge in [0.1, 0.15) is 4.88 Å². The van der Waals surface area contributed by atoms with Gasteiger partial charge >= 0.3 is 5.97 Å². The Labute approximate surface area is 151 Å². The van der Waals surface area contributed by atoms with Crippen LogP contribution in [0.2, 0.25) is 0 Å². The fourth-order valence-electron chi connectivity index (χ4n) is 2.57. The van der Waals surface area contributed by atoms with Crippen LogP contribution in [0.1, 0.15) is 63.0 Å². The van der Waals surface area contributed by atoms with Crippen molar-refractivity contribution in [2.24, 2.45) is 5.92 Å². The first-order valence-corrected chi connectivity index (χ1v) is 9.68. The third-order valence-electron chi connectivity index (χ3n) is 3.81. The molecule has 0 aliphatic carbocycles. The van der Waals surface area contributed by atoms with Gasteiger partial charge in [-0.15, -0.1) is 11.3 Å². The molecule has 4 nitrogen and oxygen atoms in total. The number of hydrogen-bond acceptors (Lipinski definition) is 4. The summed E-state index contributed by atoms with van der Waals surface area (Å²) in [4.78, 5) is 27.3. The molecule has 1 aromatic rings. The lowest BCUT2D eigenvalue weighted by atomic mass is 9.97. The maximum absolute atomic E-state index is 13.1. The van der Waals surface area contributed by atoms with Crippen LogP contribution in [-0.4, -0.2) is 25.0 Å². The van der Waals surface area contributed by atoms with Crippen LogP contribution in [0.4, 0.5) is 5.69 Å². The van der Waals surface area contributed by atoms with Gasteiger partial charge in [0, 0.05) is 12.0 Å². The Hall–Kier alpha value is -0.880. The quantitative estimate of drug-likeness (QED) is 0.556. The van der Waals surface area contributed by atoms with Crippen molar-refractivity contribution in [1.82, 2.24) is 0 Å². The minimum absolute atomic E-state index is 0.0125. The predicted molar refractivity (Wildman–Crippen MR) is 99.3 cm³/mol. The monoisotopic (exact) mass is 403 g/mol. The van der Waals surface area contributed by atoms with E-state index in [0.29, 0.717) is 10.6 Å². The number of carbonyl (C=O) groups is 2. The molecule has 0 aliphatic rings. The third-order valence-corrected chi connectivity index (χ3v) is 5.42. The lowest BCUT2D eigenvalue weighted by molar-refractivity contribution is -0.123. The van der Waals surface area contributed by atoms with E-state index in [1.807, 2.05) is 26.8 Å². The molecule has 1 amide bonds. The minimum atomic E-state index is -0.407. The van der Waals surface area contributed by atoms with Gasteiger partial charge in [0.05, 0.1) is 16.6 Å². The van der Waals surface area contributed by atoms with Crippen molar-refractivity contribution in [3.05, 3.63) is 14.7 Å². The number of esters is 1. The number of rotatable bonds is 8. The molecular formula is C17H26BrNO3S. The van der Waals surface area contributed by atoms with E-state index in [2.05, 4.69) is 22.9 Å². The zero-order valence-electron chi connectivity index (χ0n) is 14.5. The number of anilines is 1. The van der Waals surface area contributed by atoms with Crippen LogP contribution in [0.5, 0.6) is 0 Å². The van der Waals surface area contributed by atoms with Gasteiger partial charge in [-0.1, -0.05) is 26.7 Å². The SMILES string of the molecule is CCCCC(CC)C(=O)N(c1cc(Br)sc1C(=O)OC)C(C)C. The Morgan fingerprint density at radius 3 is 2.48 bits per heavy atom. The average molecular weight is 404 g/mol. The molecule has 1 unspecified atom stereocenters. The summed E-state index contributed by atoms with van der Waals surface area (Å²) in [6, 6.07) is 1.81. The minimum Gasteiger partial charge on any atom is -0.465 e. The Morgan fingerprint density at radius 2 is 2.00 bits per heavy atom. The van der Waals surface area contributed by atoms with Crippen LogP contribution in [-0.2, 0) is 9.53 Å². The number of nitrogens with zero attached hydrogens (tertiary/aromatic N) is 1. The van der Waals surface area contributed by atoms with Gasteiger partial charge in [0.25, 0.3) is 0 Å². The highest BCUT2D eigenvalue weighted by atomic mass is 79.9. The number of ether oxygens (including phenoxy) is 1. The van der Waals surface area contributed by atoms with E-state index in [1.165, 1.54) is 18.4 Å². The Balaban J connectivity index is 3.21. The second kappa shape index (κ2) is 9.42. The maximum atomic E-state index is 13.1. The van der Waals surface area contributed by atoms with Crippen LogP contribution in [0.3, 0.4) is 0 Å². The number of unbranched alkanes of at least 4 members (excludes halogenated alkanes) is 1. The van der Waals surface area contributed by atoms with Crippen molar-refractivity contribution in [2.75, 3.05) is 12.0 Å². The molecule has 0 saturated heterocycles. The number of amides is 1. The zero-order chi connectivity index (χ0) is 17.6. The summed E-state index contributed by atoms with van der Waals surface area (Å²) < 4.78 is 5.68. The molecule has 0 bridgehead atoms. The average Bonchev–Trinajstić information content (AvgIpc) is 2.88. The van der Waals surface area contributed by atoms with Crippen LogP contribution >= 0.6 is 27.3 Å². The predicted octanol–water partition coefficient (Wildman–Crippen LogP) is 5.26. The fraction of sp³-hybridized carbons (Fsp3) is 0.647. The van der Waals surface area contributed by atoms with Crippen LogP contribution < -0.4 is 4.90 Å². The highest BCUT2D eigenvalue weighted by molar-refractivity contribution is 9.11. The molecule has 0 N–H and O–H groups in total. The molecule has 1 aromatic heterocycles. The van der Waals surface area contributed by atoms with Gasteiger partial charge in [-0.05, 0) is 48.7 Å². The molecule has 1 heterocycles. The fourth-order valence-corrected chi connectivity index (χ4v) is 4.07. The van der Waals surface area contributed by atoms with E-state index in [9.17, 15) is 9.59 Å². The number of methoxy groups -OCH3 is 1. The van der Waals surface area contributed by atoms with E-state index in [0.717, 1.165) is 29.5 Å². The first-order chi connectivity index (χ1) is 10.9. The number of halogens is 1. The molecule has 0 aliphatic heterocycles. The summed E-state index contributed by atoms with van der Waals surface area (Å²) in [5.74, 6) is -0.330. The largest absolute Gasteiger partial charge is 0.465 e. The van der Waals surface area contributed by atoms with Crippen molar-refractivity contribution in [1.29, 1.82) is 0 Å². The summed E-state index contributed by atoms with van der Waals surface area (Å²) in [5, 5.41) is 0. The van der Waals surface area contributed by atoms with Crippen molar-refractivity contribution < 1.29 is 14.3 Å². The highest BCUT2D eigenvalue weighted by Crippen LogP contribution is 2.36. The van der Waals surface area contributed by atoms with Gasteiger partial charge in [0.15, 0.2) is 0 Å². The normalized spacial score (nSPS) is 12.3. The molecule has 0 saturated carbocycles. The molecule has 130 valence electrons. The first kappa shape index (κ1) is 20.2. The molecule has 0 fully saturated rings. The molecule has 1 atom stereocenters. The van der Waals surface area contributed by atoms with E-state index in [-0.39, 0.29) is 17.9 Å². The van der Waals surface area contributed by atoms with E-state index < -0.39 is 5.97 Å². The van der Waals surface area contributed by atoms with Crippen LogP contribution in [0, 0.1) is 5.92 Å². The van der Waals surface area contributed by atoms with Gasteiger partial charge < -0.3 is 9.64 Å². The Morgan fingerprint density at radius 1 is 1.35 bits per heavy atom. The van der Waals surface area contributed by atoms with Gasteiger partial charge in [-0.2, -0.15) is 0 Å². The molecule has 23 heavy (non-hydrogen) atoms. The van der Waals surface area contributed by atoms with Crippen molar-refractivity contribution in [3.8, 4) is 0 Å². The number of carbonyl (C=O) groups excluding carboxylic acids is 2. The standard InChI is InChI=1S/C17H26BrNO3S/c1-6-8-9-12(7-2)16(20)19(11(3)4)13-10-14(18)23-15(13)17(21)22-5/h10-12H,6-9H2,1-5H3. The topological polar surface area (TPSA) is 46.6 Å². The lowest BCUT2D eigenvalue weighted by Crippen LogP contribution is -2.41. The molecule has 6 heteroatoms. The number of hydrogen-bond donors (Lipinski definition) is 0. The highest BCUT2D eigenvalue weighted by Gasteiger charge is 2.30. The maximum Gasteiger partial charge on any atom is 0.350 e. The van der Waals surface area contributed by atoms with E-state index in [4.69, 9.17) is 4.74 Å². The lowest BCUT2D eigenvalue weighted by Gasteiger charge is -2.30. The van der Waals surface area contributed by atoms with Crippen molar-refractivity contribution in [2.45, 2.75) is 59.4 Å². The zero-order valence-corrected chi connectivity index (χ0v) is 16.9. The smallest absolute Gasteiger partial charge is 0.350 e.